The summed E-state index contributed by atoms with van der Waals surface area (Å²) in [7, 11) is 3.31. The molecule has 2 aromatic rings. The van der Waals surface area contributed by atoms with Crippen molar-refractivity contribution in [1.82, 2.24) is 10.2 Å². The Morgan fingerprint density at radius 1 is 0.879 bits per heavy atom. The zero-order valence-electron chi connectivity index (χ0n) is 19.3. The predicted octanol–water partition coefficient (Wildman–Crippen LogP) is 2.36. The van der Waals surface area contributed by atoms with Gasteiger partial charge in [0.15, 0.2) is 0 Å². The van der Waals surface area contributed by atoms with Crippen molar-refractivity contribution in [3.63, 3.8) is 0 Å². The Morgan fingerprint density at radius 2 is 1.48 bits per heavy atom. The van der Waals surface area contributed by atoms with E-state index < -0.39 is 0 Å². The number of rotatable bonds is 13. The lowest BCUT2D eigenvalue weighted by Crippen LogP contribution is -2.39. The second-order valence-corrected chi connectivity index (χ2v) is 7.41. The fourth-order valence-corrected chi connectivity index (χ4v) is 2.96. The van der Waals surface area contributed by atoms with Gasteiger partial charge in [-0.25, -0.2) is 0 Å². The van der Waals surface area contributed by atoms with E-state index in [-0.39, 0.29) is 30.8 Å². The van der Waals surface area contributed by atoms with Crippen LogP contribution in [0.2, 0.25) is 0 Å². The van der Waals surface area contributed by atoms with Crippen LogP contribution in [0.15, 0.2) is 48.5 Å². The second-order valence-electron chi connectivity index (χ2n) is 7.41. The highest BCUT2D eigenvalue weighted by Gasteiger charge is 2.12. The SMILES string of the molecule is CCOc1ccc(NC(=O)c2ccc(NC(=O)CN(C)CC(=O)NCCCOC)cc2)cc1. The summed E-state index contributed by atoms with van der Waals surface area (Å²) < 4.78 is 10.3. The van der Waals surface area contributed by atoms with Crippen molar-refractivity contribution < 1.29 is 23.9 Å². The number of anilines is 2. The Labute approximate surface area is 194 Å². The Bertz CT molecular complexity index is 900. The minimum Gasteiger partial charge on any atom is -0.494 e. The highest BCUT2D eigenvalue weighted by Crippen LogP contribution is 2.17. The number of methoxy groups -OCH3 is 1. The number of carbonyl (C=O) groups is 3. The minimum atomic E-state index is -0.256. The number of benzene rings is 2. The van der Waals surface area contributed by atoms with Crippen LogP contribution < -0.4 is 20.7 Å². The van der Waals surface area contributed by atoms with Gasteiger partial charge in [0.05, 0.1) is 19.7 Å². The van der Waals surface area contributed by atoms with Crippen molar-refractivity contribution in [3.05, 3.63) is 54.1 Å². The molecule has 2 aromatic carbocycles. The lowest BCUT2D eigenvalue weighted by atomic mass is 10.2. The standard InChI is InChI=1S/C24H32N4O5/c1-4-33-21-12-10-20(11-13-21)27-24(31)18-6-8-19(9-7-18)26-23(30)17-28(2)16-22(29)25-14-5-15-32-3/h6-13H,4-5,14-17H2,1-3H3,(H,25,29)(H,26,30)(H,27,31). The van der Waals surface area contributed by atoms with Crippen LogP contribution in [0, 0.1) is 0 Å². The van der Waals surface area contributed by atoms with Crippen LogP contribution in [0.3, 0.4) is 0 Å². The number of likely N-dealkylation sites (N-methyl/N-ethyl adjacent to an activating group) is 1. The van der Waals surface area contributed by atoms with Gasteiger partial charge in [-0.3, -0.25) is 19.3 Å². The van der Waals surface area contributed by atoms with Crippen LogP contribution in [0.4, 0.5) is 11.4 Å². The van der Waals surface area contributed by atoms with Crippen LogP contribution >= 0.6 is 0 Å². The summed E-state index contributed by atoms with van der Waals surface area (Å²) in [6.07, 6.45) is 0.737. The average molecular weight is 457 g/mol. The number of nitrogens with zero attached hydrogens (tertiary/aromatic N) is 1. The molecule has 0 aliphatic heterocycles. The van der Waals surface area contributed by atoms with E-state index in [2.05, 4.69) is 16.0 Å². The van der Waals surface area contributed by atoms with Gasteiger partial charge in [-0.15, -0.1) is 0 Å². The largest absolute Gasteiger partial charge is 0.494 e. The van der Waals surface area contributed by atoms with Gasteiger partial charge in [0.1, 0.15) is 5.75 Å². The summed E-state index contributed by atoms with van der Waals surface area (Å²) in [5, 5.41) is 8.36. The van der Waals surface area contributed by atoms with Crippen molar-refractivity contribution in [1.29, 1.82) is 0 Å². The van der Waals surface area contributed by atoms with E-state index in [4.69, 9.17) is 9.47 Å². The lowest BCUT2D eigenvalue weighted by Gasteiger charge is -2.16. The Balaban J connectivity index is 1.77. The molecule has 0 saturated carbocycles. The maximum Gasteiger partial charge on any atom is 0.255 e. The summed E-state index contributed by atoms with van der Waals surface area (Å²) in [6.45, 7) is 3.78. The maximum atomic E-state index is 12.4. The first-order valence-corrected chi connectivity index (χ1v) is 10.8. The van der Waals surface area contributed by atoms with Crippen LogP contribution in [0.25, 0.3) is 0 Å². The minimum absolute atomic E-state index is 0.0610. The molecule has 0 bridgehead atoms. The second kappa shape index (κ2) is 13.9. The van der Waals surface area contributed by atoms with Gasteiger partial charge in [0.2, 0.25) is 11.8 Å². The van der Waals surface area contributed by atoms with Gasteiger partial charge >= 0.3 is 0 Å². The third-order valence-corrected chi connectivity index (χ3v) is 4.53. The van der Waals surface area contributed by atoms with Gasteiger partial charge in [0, 0.05) is 37.2 Å². The molecule has 178 valence electrons. The van der Waals surface area contributed by atoms with E-state index in [1.165, 1.54) is 0 Å². The zero-order chi connectivity index (χ0) is 24.1. The van der Waals surface area contributed by atoms with Crippen LogP contribution in [0.5, 0.6) is 5.75 Å². The molecule has 33 heavy (non-hydrogen) atoms. The molecule has 0 radical (unpaired) electrons. The summed E-state index contributed by atoms with van der Waals surface area (Å²) in [6, 6.07) is 13.7. The van der Waals surface area contributed by atoms with Crippen LogP contribution in [-0.2, 0) is 14.3 Å². The topological polar surface area (TPSA) is 109 Å². The molecular formula is C24H32N4O5. The Hall–Kier alpha value is -3.43. The molecule has 0 unspecified atom stereocenters. The van der Waals surface area contributed by atoms with Crippen molar-refractivity contribution in [2.45, 2.75) is 13.3 Å². The van der Waals surface area contributed by atoms with E-state index >= 15 is 0 Å². The molecule has 2 rings (SSSR count). The summed E-state index contributed by atoms with van der Waals surface area (Å²) in [4.78, 5) is 38.2. The number of carbonyl (C=O) groups excluding carboxylic acids is 3. The fraction of sp³-hybridized carbons (Fsp3) is 0.375. The van der Waals surface area contributed by atoms with Gasteiger partial charge in [0.25, 0.3) is 5.91 Å². The molecule has 9 heteroatoms. The molecule has 9 nitrogen and oxygen atoms in total. The molecule has 0 spiro atoms. The van der Waals surface area contributed by atoms with Crippen molar-refractivity contribution in [2.24, 2.45) is 0 Å². The molecule has 0 aliphatic carbocycles. The quantitative estimate of drug-likeness (QED) is 0.399. The smallest absolute Gasteiger partial charge is 0.255 e. The predicted molar refractivity (Wildman–Crippen MR) is 128 cm³/mol. The van der Waals surface area contributed by atoms with Gasteiger partial charge < -0.3 is 25.4 Å². The first kappa shape index (κ1) is 25.8. The highest BCUT2D eigenvalue weighted by molar-refractivity contribution is 6.04. The molecular weight excluding hydrogens is 424 g/mol. The van der Waals surface area contributed by atoms with Gasteiger partial charge in [-0.2, -0.15) is 0 Å². The molecule has 3 amide bonds. The Morgan fingerprint density at radius 3 is 2.12 bits per heavy atom. The van der Waals surface area contributed by atoms with E-state index in [0.29, 0.717) is 36.7 Å². The van der Waals surface area contributed by atoms with Gasteiger partial charge in [-0.1, -0.05) is 0 Å². The van der Waals surface area contributed by atoms with E-state index in [0.717, 1.165) is 12.2 Å². The summed E-state index contributed by atoms with van der Waals surface area (Å²) in [5.74, 6) is 0.0813. The first-order valence-electron chi connectivity index (χ1n) is 10.8. The van der Waals surface area contributed by atoms with Crippen molar-refractivity contribution in [2.75, 3.05) is 57.6 Å². The monoisotopic (exact) mass is 456 g/mol. The first-order chi connectivity index (χ1) is 15.9. The third-order valence-electron chi connectivity index (χ3n) is 4.53. The molecule has 3 N–H and O–H groups in total. The van der Waals surface area contributed by atoms with Crippen LogP contribution in [-0.4, -0.2) is 69.6 Å². The van der Waals surface area contributed by atoms with Gasteiger partial charge in [-0.05, 0) is 68.9 Å². The zero-order valence-corrected chi connectivity index (χ0v) is 19.3. The molecule has 0 aliphatic rings. The third kappa shape index (κ3) is 9.71. The lowest BCUT2D eigenvalue weighted by molar-refractivity contribution is -0.123. The number of hydrogen-bond acceptors (Lipinski definition) is 6. The van der Waals surface area contributed by atoms with E-state index in [1.54, 1.807) is 67.6 Å². The maximum absolute atomic E-state index is 12.4. The van der Waals surface area contributed by atoms with E-state index in [9.17, 15) is 14.4 Å². The van der Waals surface area contributed by atoms with E-state index in [1.807, 2.05) is 6.92 Å². The normalized spacial score (nSPS) is 10.5. The molecule has 0 fully saturated rings. The number of amides is 3. The average Bonchev–Trinajstić information content (AvgIpc) is 2.78. The molecule has 0 aromatic heterocycles. The molecule has 0 heterocycles. The number of ether oxygens (including phenoxy) is 2. The molecule has 0 atom stereocenters. The highest BCUT2D eigenvalue weighted by atomic mass is 16.5. The van der Waals surface area contributed by atoms with Crippen molar-refractivity contribution >= 4 is 29.1 Å². The van der Waals surface area contributed by atoms with Crippen LogP contribution in [0.1, 0.15) is 23.7 Å². The summed E-state index contributed by atoms with van der Waals surface area (Å²) >= 11 is 0. The Kier molecular flexibility index (Phi) is 10.9. The van der Waals surface area contributed by atoms with Crippen molar-refractivity contribution in [3.8, 4) is 5.75 Å². The number of nitrogens with one attached hydrogen (secondary N) is 3. The fourth-order valence-electron chi connectivity index (χ4n) is 2.96. The summed E-state index contributed by atoms with van der Waals surface area (Å²) in [5.41, 5.74) is 1.69. The number of hydrogen-bond donors (Lipinski definition) is 3. The molecule has 0 saturated heterocycles.